The number of hydrogen-bond acceptors (Lipinski definition) is 3. The summed E-state index contributed by atoms with van der Waals surface area (Å²) in [6.07, 6.45) is 0. The van der Waals surface area contributed by atoms with Crippen LogP contribution in [0.3, 0.4) is 0 Å². The van der Waals surface area contributed by atoms with Crippen LogP contribution in [-0.2, 0) is 6.54 Å². The second-order valence-corrected chi connectivity index (χ2v) is 7.88. The minimum absolute atomic E-state index is 0.124. The second kappa shape index (κ2) is 7.43. The lowest BCUT2D eigenvalue weighted by atomic mass is 9.99. The van der Waals surface area contributed by atoms with Crippen molar-refractivity contribution in [3.05, 3.63) is 108 Å². The van der Waals surface area contributed by atoms with Crippen LogP contribution < -0.4 is 5.32 Å². The summed E-state index contributed by atoms with van der Waals surface area (Å²) >= 11 is 0. The first-order valence-electron chi connectivity index (χ1n) is 10.6. The lowest BCUT2D eigenvalue weighted by molar-refractivity contribution is 0.0951. The molecule has 0 fully saturated rings. The highest BCUT2D eigenvalue weighted by atomic mass is 16.1. The van der Waals surface area contributed by atoms with Gasteiger partial charge >= 0.3 is 0 Å². The molecule has 152 valence electrons. The molecule has 0 saturated heterocycles. The number of benzene rings is 5. The standard InChI is InChI=1S/C28H19N3O/c32-28(29-17-18-8-2-1-3-9-18)19-14-15-24-25(16-19)31-27-23-13-7-5-11-21(23)20-10-4-6-12-22(20)26(27)30-24/h1-16H,17H2,(H,29,32). The number of amides is 1. The summed E-state index contributed by atoms with van der Waals surface area (Å²) < 4.78 is 0. The zero-order valence-electron chi connectivity index (χ0n) is 17.2. The van der Waals surface area contributed by atoms with E-state index >= 15 is 0 Å². The molecule has 0 aliphatic heterocycles. The number of carbonyl (C=O) groups is 1. The molecule has 6 aromatic rings. The Morgan fingerprint density at radius 1 is 0.625 bits per heavy atom. The van der Waals surface area contributed by atoms with Crippen molar-refractivity contribution in [3.63, 3.8) is 0 Å². The molecule has 4 heteroatoms. The van der Waals surface area contributed by atoms with Crippen LogP contribution in [-0.4, -0.2) is 15.9 Å². The van der Waals surface area contributed by atoms with Crippen LogP contribution in [0.2, 0.25) is 0 Å². The average molecular weight is 413 g/mol. The van der Waals surface area contributed by atoms with Crippen molar-refractivity contribution in [3.8, 4) is 0 Å². The molecule has 0 spiro atoms. The number of carbonyl (C=O) groups excluding carboxylic acids is 1. The molecule has 0 unspecified atom stereocenters. The number of aromatic nitrogens is 2. The summed E-state index contributed by atoms with van der Waals surface area (Å²) in [7, 11) is 0. The topological polar surface area (TPSA) is 54.9 Å². The summed E-state index contributed by atoms with van der Waals surface area (Å²) in [6, 6.07) is 32.0. The van der Waals surface area contributed by atoms with Gasteiger partial charge < -0.3 is 5.32 Å². The van der Waals surface area contributed by atoms with Crippen LogP contribution in [0, 0.1) is 0 Å². The molecule has 0 saturated carbocycles. The normalized spacial score (nSPS) is 11.4. The SMILES string of the molecule is O=C(NCc1ccccc1)c1ccc2nc3c4ccccc4c4ccccc4c3nc2c1. The largest absolute Gasteiger partial charge is 0.348 e. The van der Waals surface area contributed by atoms with E-state index in [-0.39, 0.29) is 5.91 Å². The third kappa shape index (κ3) is 3.05. The monoisotopic (exact) mass is 413 g/mol. The van der Waals surface area contributed by atoms with Crippen LogP contribution in [0.25, 0.3) is 43.6 Å². The van der Waals surface area contributed by atoms with E-state index in [9.17, 15) is 4.79 Å². The number of nitrogens with zero attached hydrogens (tertiary/aromatic N) is 2. The van der Waals surface area contributed by atoms with Gasteiger partial charge in [0.2, 0.25) is 0 Å². The zero-order valence-corrected chi connectivity index (χ0v) is 17.2. The van der Waals surface area contributed by atoms with Crippen LogP contribution in [0.4, 0.5) is 0 Å². The highest BCUT2D eigenvalue weighted by molar-refractivity contribution is 6.23. The summed E-state index contributed by atoms with van der Waals surface area (Å²) in [5.41, 5.74) is 4.86. The van der Waals surface area contributed by atoms with Crippen molar-refractivity contribution in [1.82, 2.24) is 15.3 Å². The van der Waals surface area contributed by atoms with Gasteiger partial charge in [-0.05, 0) is 34.5 Å². The van der Waals surface area contributed by atoms with E-state index in [2.05, 4.69) is 35.6 Å². The van der Waals surface area contributed by atoms with Gasteiger partial charge in [0.1, 0.15) is 0 Å². The van der Waals surface area contributed by atoms with Crippen molar-refractivity contribution < 1.29 is 4.79 Å². The fourth-order valence-corrected chi connectivity index (χ4v) is 4.30. The first-order valence-corrected chi connectivity index (χ1v) is 10.6. The quantitative estimate of drug-likeness (QED) is 0.285. The molecule has 0 aliphatic carbocycles. The smallest absolute Gasteiger partial charge is 0.251 e. The predicted molar refractivity (Wildman–Crippen MR) is 130 cm³/mol. The maximum absolute atomic E-state index is 12.8. The molecular weight excluding hydrogens is 394 g/mol. The molecule has 5 aromatic carbocycles. The summed E-state index contributed by atoms with van der Waals surface area (Å²) in [4.78, 5) is 22.7. The third-order valence-corrected chi connectivity index (χ3v) is 5.88. The molecule has 0 aliphatic rings. The Hall–Kier alpha value is -4.31. The third-order valence-electron chi connectivity index (χ3n) is 5.88. The highest BCUT2D eigenvalue weighted by Gasteiger charge is 2.13. The molecule has 4 nitrogen and oxygen atoms in total. The van der Waals surface area contributed by atoms with E-state index in [1.807, 2.05) is 66.7 Å². The Balaban J connectivity index is 1.48. The molecule has 32 heavy (non-hydrogen) atoms. The minimum Gasteiger partial charge on any atom is -0.348 e. The molecular formula is C28H19N3O. The number of fused-ring (bicyclic) bond motifs is 7. The molecule has 0 atom stereocenters. The maximum Gasteiger partial charge on any atom is 0.251 e. The van der Waals surface area contributed by atoms with E-state index in [0.29, 0.717) is 17.6 Å². The predicted octanol–water partition coefficient (Wildman–Crippen LogP) is 6.02. The van der Waals surface area contributed by atoms with E-state index in [1.54, 1.807) is 0 Å². The molecule has 1 aromatic heterocycles. The number of hydrogen-bond donors (Lipinski definition) is 1. The lowest BCUT2D eigenvalue weighted by Gasteiger charge is -2.11. The van der Waals surface area contributed by atoms with Crippen molar-refractivity contribution >= 4 is 49.5 Å². The molecule has 1 amide bonds. The van der Waals surface area contributed by atoms with Crippen molar-refractivity contribution in [1.29, 1.82) is 0 Å². The van der Waals surface area contributed by atoms with Gasteiger partial charge in [0.25, 0.3) is 5.91 Å². The lowest BCUT2D eigenvalue weighted by Crippen LogP contribution is -2.22. The van der Waals surface area contributed by atoms with Gasteiger partial charge in [-0.3, -0.25) is 4.79 Å². The highest BCUT2D eigenvalue weighted by Crippen LogP contribution is 2.33. The van der Waals surface area contributed by atoms with Gasteiger partial charge in [-0.15, -0.1) is 0 Å². The number of rotatable bonds is 3. The van der Waals surface area contributed by atoms with E-state index < -0.39 is 0 Å². The second-order valence-electron chi connectivity index (χ2n) is 7.88. The Morgan fingerprint density at radius 3 is 1.84 bits per heavy atom. The van der Waals surface area contributed by atoms with Crippen LogP contribution in [0.5, 0.6) is 0 Å². The van der Waals surface area contributed by atoms with Crippen LogP contribution in [0.1, 0.15) is 15.9 Å². The van der Waals surface area contributed by atoms with Gasteiger partial charge in [0.05, 0.1) is 22.1 Å². The Bertz CT molecular complexity index is 1640. The summed E-state index contributed by atoms with van der Waals surface area (Å²) in [6.45, 7) is 0.484. The van der Waals surface area contributed by atoms with Gasteiger partial charge in [-0.1, -0.05) is 78.9 Å². The van der Waals surface area contributed by atoms with E-state index in [4.69, 9.17) is 9.97 Å². The molecule has 6 rings (SSSR count). The van der Waals surface area contributed by atoms with Crippen LogP contribution >= 0.6 is 0 Å². The van der Waals surface area contributed by atoms with Gasteiger partial charge in [-0.2, -0.15) is 0 Å². The van der Waals surface area contributed by atoms with Gasteiger partial charge in [-0.25, -0.2) is 9.97 Å². The average Bonchev–Trinajstić information content (AvgIpc) is 2.87. The maximum atomic E-state index is 12.8. The van der Waals surface area contributed by atoms with Crippen LogP contribution in [0.15, 0.2) is 97.1 Å². The minimum atomic E-state index is -0.124. The van der Waals surface area contributed by atoms with Crippen molar-refractivity contribution in [2.75, 3.05) is 0 Å². The first kappa shape index (κ1) is 18.5. The molecule has 0 bridgehead atoms. The fourth-order valence-electron chi connectivity index (χ4n) is 4.30. The molecule has 1 heterocycles. The Kier molecular flexibility index (Phi) is 4.29. The van der Waals surface area contributed by atoms with E-state index in [1.165, 1.54) is 5.39 Å². The zero-order chi connectivity index (χ0) is 21.5. The summed E-state index contributed by atoms with van der Waals surface area (Å²) in [5, 5.41) is 7.45. The first-order chi connectivity index (χ1) is 15.8. The van der Waals surface area contributed by atoms with Gasteiger partial charge in [0, 0.05) is 22.9 Å². The van der Waals surface area contributed by atoms with Crippen molar-refractivity contribution in [2.45, 2.75) is 6.54 Å². The number of nitrogens with one attached hydrogen (secondary N) is 1. The summed E-state index contributed by atoms with van der Waals surface area (Å²) in [5.74, 6) is -0.124. The molecule has 0 radical (unpaired) electrons. The van der Waals surface area contributed by atoms with E-state index in [0.717, 1.165) is 38.3 Å². The molecule has 1 N–H and O–H groups in total. The fraction of sp³-hybridized carbons (Fsp3) is 0.0357. The Labute approximate surface area is 184 Å². The Morgan fingerprint density at radius 2 is 1.19 bits per heavy atom. The van der Waals surface area contributed by atoms with Gasteiger partial charge in [0.15, 0.2) is 0 Å². The van der Waals surface area contributed by atoms with Crippen molar-refractivity contribution in [2.24, 2.45) is 0 Å².